The van der Waals surface area contributed by atoms with E-state index in [1.807, 2.05) is 0 Å². The topological polar surface area (TPSA) is 33.4 Å². The molecule has 2 nitrogen and oxygen atoms in total. The zero-order chi connectivity index (χ0) is 11.9. The summed E-state index contributed by atoms with van der Waals surface area (Å²) in [7, 11) is 0. The molecule has 1 fully saturated rings. The number of hydrogen-bond donors (Lipinski definition) is 1. The van der Waals surface area contributed by atoms with Gasteiger partial charge in [-0.3, -0.25) is 0 Å². The lowest BCUT2D eigenvalue weighted by Gasteiger charge is -2.29. The molecule has 1 saturated carbocycles. The fourth-order valence-electron chi connectivity index (χ4n) is 2.64. The van der Waals surface area contributed by atoms with Crippen molar-refractivity contribution in [2.24, 2.45) is 0 Å². The van der Waals surface area contributed by atoms with Crippen molar-refractivity contribution in [3.63, 3.8) is 0 Å². The molecule has 1 aromatic carbocycles. The van der Waals surface area contributed by atoms with Crippen molar-refractivity contribution >= 4 is 11.0 Å². The van der Waals surface area contributed by atoms with Gasteiger partial charge in [0.1, 0.15) is 11.4 Å². The van der Waals surface area contributed by atoms with E-state index in [9.17, 15) is 9.50 Å². The molecule has 1 aliphatic carbocycles. The van der Waals surface area contributed by atoms with E-state index in [0.29, 0.717) is 18.6 Å². The van der Waals surface area contributed by atoms with Crippen LogP contribution in [0.3, 0.4) is 0 Å². The Bertz CT molecular complexity index is 538. The number of halogens is 1. The van der Waals surface area contributed by atoms with E-state index < -0.39 is 5.60 Å². The molecule has 0 aliphatic heterocycles. The molecular weight excluding hydrogens is 219 g/mol. The summed E-state index contributed by atoms with van der Waals surface area (Å²) in [6.45, 7) is 0. The van der Waals surface area contributed by atoms with Crippen LogP contribution in [0.25, 0.3) is 11.0 Å². The van der Waals surface area contributed by atoms with Crippen LogP contribution in [0.4, 0.5) is 4.39 Å². The summed E-state index contributed by atoms with van der Waals surface area (Å²) in [5, 5.41) is 11.2. The lowest BCUT2D eigenvalue weighted by Crippen LogP contribution is -2.27. The number of furan rings is 1. The monoisotopic (exact) mass is 234 g/mol. The van der Waals surface area contributed by atoms with Crippen LogP contribution in [0.2, 0.25) is 0 Å². The molecule has 17 heavy (non-hydrogen) atoms. The third kappa shape index (κ3) is 1.75. The van der Waals surface area contributed by atoms with Crippen molar-refractivity contribution in [2.45, 2.75) is 37.7 Å². The van der Waals surface area contributed by atoms with Gasteiger partial charge in [0.2, 0.25) is 0 Å². The Balaban J connectivity index is 2.08. The van der Waals surface area contributed by atoms with Gasteiger partial charge in [0, 0.05) is 5.39 Å². The van der Waals surface area contributed by atoms with Gasteiger partial charge >= 0.3 is 0 Å². The normalized spacial score (nSPS) is 19.6. The highest BCUT2D eigenvalue weighted by Gasteiger charge is 2.34. The van der Waals surface area contributed by atoms with Crippen LogP contribution in [-0.4, -0.2) is 5.11 Å². The quantitative estimate of drug-likeness (QED) is 0.815. The van der Waals surface area contributed by atoms with Gasteiger partial charge in [-0.15, -0.1) is 0 Å². The molecule has 90 valence electrons. The van der Waals surface area contributed by atoms with Crippen LogP contribution >= 0.6 is 0 Å². The number of benzene rings is 1. The summed E-state index contributed by atoms with van der Waals surface area (Å²) in [6, 6.07) is 6.60. The Hall–Kier alpha value is -1.35. The van der Waals surface area contributed by atoms with Crippen molar-refractivity contribution in [3.8, 4) is 0 Å². The summed E-state index contributed by atoms with van der Waals surface area (Å²) < 4.78 is 19.0. The molecule has 1 aromatic heterocycles. The van der Waals surface area contributed by atoms with Gasteiger partial charge in [-0.25, -0.2) is 4.39 Å². The number of aliphatic hydroxyl groups is 1. The van der Waals surface area contributed by atoms with Crippen molar-refractivity contribution in [1.29, 1.82) is 0 Å². The highest BCUT2D eigenvalue weighted by Crippen LogP contribution is 2.39. The van der Waals surface area contributed by atoms with Crippen LogP contribution in [0.5, 0.6) is 0 Å². The van der Waals surface area contributed by atoms with Crippen LogP contribution in [-0.2, 0) is 5.60 Å². The lowest BCUT2D eigenvalue weighted by molar-refractivity contribution is -0.0187. The second kappa shape index (κ2) is 3.84. The predicted octanol–water partition coefficient (Wildman–Crippen LogP) is 3.72. The average Bonchev–Trinajstić information content (AvgIpc) is 2.76. The van der Waals surface area contributed by atoms with Crippen LogP contribution in [0, 0.1) is 5.82 Å². The maximum atomic E-state index is 13.5. The van der Waals surface area contributed by atoms with Gasteiger partial charge in [-0.2, -0.15) is 0 Å². The molecule has 0 radical (unpaired) electrons. The summed E-state index contributed by atoms with van der Waals surface area (Å²) in [6.07, 6.45) is 4.55. The largest absolute Gasteiger partial charge is 0.455 e. The second-order valence-corrected chi connectivity index (χ2v) is 4.86. The van der Waals surface area contributed by atoms with E-state index >= 15 is 0 Å². The molecule has 3 heteroatoms. The van der Waals surface area contributed by atoms with E-state index in [2.05, 4.69) is 0 Å². The lowest BCUT2D eigenvalue weighted by atomic mass is 9.83. The maximum Gasteiger partial charge on any atom is 0.170 e. The SMILES string of the molecule is OC1(c2cc3cccc(F)c3o2)CCCCC1. The summed E-state index contributed by atoms with van der Waals surface area (Å²) >= 11 is 0. The standard InChI is InChI=1S/C14H15FO2/c15-11-6-4-5-10-9-12(17-13(10)11)14(16)7-2-1-3-8-14/h4-6,9,16H,1-3,7-8H2. The minimum atomic E-state index is -0.899. The van der Waals surface area contributed by atoms with E-state index in [4.69, 9.17) is 4.42 Å². The first-order chi connectivity index (χ1) is 8.19. The average molecular weight is 234 g/mol. The Kier molecular flexibility index (Phi) is 2.44. The maximum absolute atomic E-state index is 13.5. The fourth-order valence-corrected chi connectivity index (χ4v) is 2.64. The molecule has 0 saturated heterocycles. The van der Waals surface area contributed by atoms with Crippen molar-refractivity contribution in [3.05, 3.63) is 35.8 Å². The van der Waals surface area contributed by atoms with Crippen LogP contribution < -0.4 is 0 Å². The smallest absolute Gasteiger partial charge is 0.170 e. The Morgan fingerprint density at radius 1 is 1.18 bits per heavy atom. The minimum absolute atomic E-state index is 0.251. The molecule has 0 atom stereocenters. The molecule has 1 N–H and O–H groups in total. The number of fused-ring (bicyclic) bond motifs is 1. The zero-order valence-electron chi connectivity index (χ0n) is 9.58. The number of hydrogen-bond acceptors (Lipinski definition) is 2. The van der Waals surface area contributed by atoms with Gasteiger partial charge in [-0.05, 0) is 25.0 Å². The van der Waals surface area contributed by atoms with Gasteiger partial charge in [-0.1, -0.05) is 31.4 Å². The Morgan fingerprint density at radius 3 is 2.65 bits per heavy atom. The molecule has 1 aliphatic rings. The van der Waals surface area contributed by atoms with E-state index in [-0.39, 0.29) is 11.4 Å². The van der Waals surface area contributed by atoms with Crippen molar-refractivity contribution < 1.29 is 13.9 Å². The summed E-state index contributed by atoms with van der Waals surface area (Å²) in [5.41, 5.74) is -0.648. The molecule has 0 unspecified atom stereocenters. The molecule has 2 aromatic rings. The molecule has 0 bridgehead atoms. The predicted molar refractivity (Wildman–Crippen MR) is 63.2 cm³/mol. The van der Waals surface area contributed by atoms with Crippen molar-refractivity contribution in [1.82, 2.24) is 0 Å². The molecular formula is C14H15FO2. The van der Waals surface area contributed by atoms with E-state index in [1.54, 1.807) is 18.2 Å². The first kappa shape index (κ1) is 10.8. The van der Waals surface area contributed by atoms with Crippen molar-refractivity contribution in [2.75, 3.05) is 0 Å². The van der Waals surface area contributed by atoms with E-state index in [1.165, 1.54) is 6.07 Å². The van der Waals surface area contributed by atoms with Crippen LogP contribution in [0.1, 0.15) is 37.9 Å². The highest BCUT2D eigenvalue weighted by molar-refractivity contribution is 5.78. The fraction of sp³-hybridized carbons (Fsp3) is 0.429. The van der Waals surface area contributed by atoms with Gasteiger partial charge in [0.25, 0.3) is 0 Å². The molecule has 0 amide bonds. The second-order valence-electron chi connectivity index (χ2n) is 4.86. The Labute approximate surface area is 99.1 Å². The Morgan fingerprint density at radius 2 is 1.94 bits per heavy atom. The first-order valence-corrected chi connectivity index (χ1v) is 6.10. The van der Waals surface area contributed by atoms with Crippen LogP contribution in [0.15, 0.2) is 28.7 Å². The van der Waals surface area contributed by atoms with Gasteiger partial charge < -0.3 is 9.52 Å². The minimum Gasteiger partial charge on any atom is -0.455 e. The first-order valence-electron chi connectivity index (χ1n) is 6.10. The summed E-state index contributed by atoms with van der Waals surface area (Å²) in [5.74, 6) is 0.144. The third-order valence-corrected chi connectivity index (χ3v) is 3.64. The number of rotatable bonds is 1. The zero-order valence-corrected chi connectivity index (χ0v) is 9.58. The van der Waals surface area contributed by atoms with Gasteiger partial charge in [0.15, 0.2) is 11.4 Å². The van der Waals surface area contributed by atoms with Gasteiger partial charge in [0.05, 0.1) is 0 Å². The van der Waals surface area contributed by atoms with E-state index in [0.717, 1.165) is 24.6 Å². The highest BCUT2D eigenvalue weighted by atomic mass is 19.1. The third-order valence-electron chi connectivity index (χ3n) is 3.64. The molecule has 1 heterocycles. The summed E-state index contributed by atoms with van der Waals surface area (Å²) in [4.78, 5) is 0. The molecule has 3 rings (SSSR count). The molecule has 0 spiro atoms. The number of para-hydroxylation sites is 1.